The highest BCUT2D eigenvalue weighted by atomic mass is 35.5. The van der Waals surface area contributed by atoms with E-state index in [-0.39, 0.29) is 11.5 Å². The molecule has 0 saturated carbocycles. The summed E-state index contributed by atoms with van der Waals surface area (Å²) in [6, 6.07) is 16.6. The molecular formula is C25H18Cl3NO3. The maximum atomic E-state index is 13.0. The van der Waals surface area contributed by atoms with Crippen LogP contribution in [0.3, 0.4) is 0 Å². The maximum absolute atomic E-state index is 13.0. The Balaban J connectivity index is 1.39. The Labute approximate surface area is 200 Å². The number of nitrogens with zero attached hydrogens (tertiary/aromatic N) is 1. The zero-order valence-electron chi connectivity index (χ0n) is 16.9. The number of benzene rings is 3. The number of ketones is 1. The standard InChI is InChI=1S/C25H18Cl3NO3/c26-19-5-2-1-4-15(19)10-11-29-13-18-22(31-14-29)9-8-16-24(30)23(32-25(16)18)12-17-20(27)6-3-7-21(17)28/h1-9,12H,10-11,13-14H2/b23-12-. The summed E-state index contributed by atoms with van der Waals surface area (Å²) >= 11 is 18.8. The minimum absolute atomic E-state index is 0.191. The minimum Gasteiger partial charge on any atom is -0.478 e. The normalized spacial score (nSPS) is 16.5. The molecule has 0 atom stereocenters. The van der Waals surface area contributed by atoms with Gasteiger partial charge in [0.05, 0.1) is 11.1 Å². The van der Waals surface area contributed by atoms with Crippen molar-refractivity contribution in [3.05, 3.63) is 97.7 Å². The summed E-state index contributed by atoms with van der Waals surface area (Å²) in [5.74, 6) is 1.25. The number of carbonyl (C=O) groups excluding carboxylic acids is 1. The van der Waals surface area contributed by atoms with Crippen LogP contribution in [0, 0.1) is 0 Å². The van der Waals surface area contributed by atoms with Crippen LogP contribution < -0.4 is 9.47 Å². The lowest BCUT2D eigenvalue weighted by atomic mass is 10.0. The molecule has 0 radical (unpaired) electrons. The molecule has 2 heterocycles. The number of rotatable bonds is 4. The fourth-order valence-corrected chi connectivity index (χ4v) is 4.64. The number of ether oxygens (including phenoxy) is 2. The van der Waals surface area contributed by atoms with Gasteiger partial charge in [-0.3, -0.25) is 9.69 Å². The molecule has 5 rings (SSSR count). The van der Waals surface area contributed by atoms with Crippen molar-refractivity contribution in [3.8, 4) is 11.5 Å². The summed E-state index contributed by atoms with van der Waals surface area (Å²) in [4.78, 5) is 15.1. The molecule has 2 aliphatic rings. The Morgan fingerprint density at radius 2 is 1.69 bits per heavy atom. The molecule has 162 valence electrons. The summed E-state index contributed by atoms with van der Waals surface area (Å²) in [6.45, 7) is 1.83. The second-order valence-electron chi connectivity index (χ2n) is 7.66. The molecule has 2 aliphatic heterocycles. The van der Waals surface area contributed by atoms with Crippen molar-refractivity contribution in [1.82, 2.24) is 4.90 Å². The van der Waals surface area contributed by atoms with Gasteiger partial charge in [0.25, 0.3) is 0 Å². The van der Waals surface area contributed by atoms with E-state index in [0.717, 1.165) is 34.9 Å². The number of hydrogen-bond acceptors (Lipinski definition) is 4. The van der Waals surface area contributed by atoms with Crippen LogP contribution >= 0.6 is 34.8 Å². The summed E-state index contributed by atoms with van der Waals surface area (Å²) in [5, 5.41) is 1.66. The zero-order chi connectivity index (χ0) is 22.2. The van der Waals surface area contributed by atoms with Gasteiger partial charge < -0.3 is 9.47 Å². The average Bonchev–Trinajstić information content (AvgIpc) is 3.11. The van der Waals surface area contributed by atoms with Crippen molar-refractivity contribution in [1.29, 1.82) is 0 Å². The van der Waals surface area contributed by atoms with E-state index in [1.165, 1.54) is 0 Å². The SMILES string of the molecule is O=C1/C(=C/c2c(Cl)cccc2Cl)Oc2c1ccc1c2CN(CCc2ccccc2Cl)CO1. The van der Waals surface area contributed by atoms with E-state index < -0.39 is 0 Å². The topological polar surface area (TPSA) is 38.8 Å². The Kier molecular flexibility index (Phi) is 5.87. The van der Waals surface area contributed by atoms with Gasteiger partial charge >= 0.3 is 0 Å². The zero-order valence-corrected chi connectivity index (χ0v) is 19.2. The first-order chi connectivity index (χ1) is 15.5. The first-order valence-electron chi connectivity index (χ1n) is 10.1. The molecule has 0 amide bonds. The molecule has 0 saturated heterocycles. The molecule has 3 aromatic rings. The minimum atomic E-state index is -0.202. The Morgan fingerprint density at radius 1 is 0.938 bits per heavy atom. The van der Waals surface area contributed by atoms with Crippen LogP contribution in [0.25, 0.3) is 6.08 Å². The molecular weight excluding hydrogens is 469 g/mol. The van der Waals surface area contributed by atoms with Gasteiger partial charge in [0.2, 0.25) is 5.78 Å². The Bertz CT molecular complexity index is 1230. The lowest BCUT2D eigenvalue weighted by molar-refractivity contribution is 0.0950. The number of allylic oxidation sites excluding steroid dienone is 1. The van der Waals surface area contributed by atoms with E-state index in [2.05, 4.69) is 4.90 Å². The second-order valence-corrected chi connectivity index (χ2v) is 8.88. The third kappa shape index (κ3) is 4.00. The summed E-state index contributed by atoms with van der Waals surface area (Å²) in [5.41, 5.74) is 3.01. The molecule has 32 heavy (non-hydrogen) atoms. The van der Waals surface area contributed by atoms with Gasteiger partial charge in [0.15, 0.2) is 5.76 Å². The van der Waals surface area contributed by atoms with Gasteiger partial charge in [0, 0.05) is 33.7 Å². The molecule has 0 spiro atoms. The van der Waals surface area contributed by atoms with Crippen LogP contribution in [0.15, 0.2) is 60.4 Å². The van der Waals surface area contributed by atoms with E-state index in [9.17, 15) is 4.79 Å². The number of carbonyl (C=O) groups is 1. The third-order valence-electron chi connectivity index (χ3n) is 5.61. The molecule has 0 N–H and O–H groups in total. The van der Waals surface area contributed by atoms with Gasteiger partial charge in [0.1, 0.15) is 18.2 Å². The summed E-state index contributed by atoms with van der Waals surface area (Å²) in [6.07, 6.45) is 2.39. The maximum Gasteiger partial charge on any atom is 0.231 e. The van der Waals surface area contributed by atoms with Gasteiger partial charge in [-0.05, 0) is 48.4 Å². The lowest BCUT2D eigenvalue weighted by Crippen LogP contribution is -2.33. The van der Waals surface area contributed by atoms with E-state index in [1.54, 1.807) is 30.3 Å². The van der Waals surface area contributed by atoms with Crippen molar-refractivity contribution in [2.45, 2.75) is 13.0 Å². The largest absolute Gasteiger partial charge is 0.478 e. The van der Waals surface area contributed by atoms with E-state index in [4.69, 9.17) is 44.3 Å². The molecule has 7 heteroatoms. The first-order valence-corrected chi connectivity index (χ1v) is 11.3. The van der Waals surface area contributed by atoms with E-state index in [0.29, 0.717) is 40.2 Å². The number of Topliss-reactive ketones (excluding diaryl/α,β-unsaturated/α-hetero) is 1. The van der Waals surface area contributed by atoms with Crippen molar-refractivity contribution in [3.63, 3.8) is 0 Å². The van der Waals surface area contributed by atoms with Crippen LogP contribution in [-0.4, -0.2) is 24.0 Å². The molecule has 0 aliphatic carbocycles. The van der Waals surface area contributed by atoms with Crippen LogP contribution in [0.4, 0.5) is 0 Å². The highest BCUT2D eigenvalue weighted by Gasteiger charge is 2.33. The molecule has 0 fully saturated rings. The summed E-state index contributed by atoms with van der Waals surface area (Å²) in [7, 11) is 0. The fourth-order valence-electron chi connectivity index (χ4n) is 3.91. The first kappa shape index (κ1) is 21.4. The third-order valence-corrected chi connectivity index (χ3v) is 6.64. The fraction of sp³-hybridized carbons (Fsp3) is 0.160. The van der Waals surface area contributed by atoms with Crippen LogP contribution in [0.5, 0.6) is 11.5 Å². The van der Waals surface area contributed by atoms with Crippen molar-refractivity contribution >= 4 is 46.7 Å². The van der Waals surface area contributed by atoms with Crippen LogP contribution in [-0.2, 0) is 13.0 Å². The molecule has 0 bridgehead atoms. The smallest absolute Gasteiger partial charge is 0.231 e. The second kappa shape index (κ2) is 8.80. The molecule has 4 nitrogen and oxygen atoms in total. The van der Waals surface area contributed by atoms with Crippen LogP contribution in [0.2, 0.25) is 15.1 Å². The molecule has 3 aromatic carbocycles. The number of fused-ring (bicyclic) bond motifs is 3. The Hall–Kier alpha value is -2.50. The molecule has 0 unspecified atom stereocenters. The summed E-state index contributed by atoms with van der Waals surface area (Å²) < 4.78 is 12.0. The van der Waals surface area contributed by atoms with Gasteiger partial charge in [-0.1, -0.05) is 59.1 Å². The predicted octanol–water partition coefficient (Wildman–Crippen LogP) is 6.66. The highest BCUT2D eigenvalue weighted by Crippen LogP contribution is 2.42. The van der Waals surface area contributed by atoms with Crippen molar-refractivity contribution in [2.24, 2.45) is 0 Å². The lowest BCUT2D eigenvalue weighted by Gasteiger charge is -2.29. The van der Waals surface area contributed by atoms with Gasteiger partial charge in [-0.15, -0.1) is 0 Å². The average molecular weight is 487 g/mol. The van der Waals surface area contributed by atoms with E-state index >= 15 is 0 Å². The van der Waals surface area contributed by atoms with Gasteiger partial charge in [-0.2, -0.15) is 0 Å². The monoisotopic (exact) mass is 485 g/mol. The highest BCUT2D eigenvalue weighted by molar-refractivity contribution is 6.37. The van der Waals surface area contributed by atoms with E-state index in [1.807, 2.05) is 30.3 Å². The van der Waals surface area contributed by atoms with Crippen molar-refractivity contribution in [2.75, 3.05) is 13.3 Å². The number of hydrogen-bond donors (Lipinski definition) is 0. The predicted molar refractivity (Wildman–Crippen MR) is 127 cm³/mol. The van der Waals surface area contributed by atoms with Crippen LogP contribution in [0.1, 0.15) is 27.0 Å². The van der Waals surface area contributed by atoms with Gasteiger partial charge in [-0.25, -0.2) is 0 Å². The number of halogens is 3. The van der Waals surface area contributed by atoms with Crippen molar-refractivity contribution < 1.29 is 14.3 Å². The molecule has 0 aromatic heterocycles. The Morgan fingerprint density at radius 3 is 2.47 bits per heavy atom. The quantitative estimate of drug-likeness (QED) is 0.387.